The van der Waals surface area contributed by atoms with Gasteiger partial charge in [-0.3, -0.25) is 4.79 Å². The number of nitrogens with one attached hydrogen (secondary N) is 1. The van der Waals surface area contributed by atoms with Gasteiger partial charge in [-0.05, 0) is 22.6 Å². The summed E-state index contributed by atoms with van der Waals surface area (Å²) in [4.78, 5) is 13.7. The molecule has 0 fully saturated rings. The van der Waals surface area contributed by atoms with Crippen molar-refractivity contribution in [1.82, 2.24) is 4.98 Å². The lowest BCUT2D eigenvalue weighted by Crippen LogP contribution is -1.90. The molecule has 9 heavy (non-hydrogen) atoms. The van der Waals surface area contributed by atoms with Gasteiger partial charge in [0.15, 0.2) is 5.13 Å². The molecule has 1 heterocycles. The second-order valence-electron chi connectivity index (χ2n) is 1.23. The van der Waals surface area contributed by atoms with E-state index in [9.17, 15) is 4.79 Å². The molecule has 0 aliphatic rings. The Balaban J connectivity index is 2.72. The van der Waals surface area contributed by atoms with Gasteiger partial charge < -0.3 is 5.32 Å². The van der Waals surface area contributed by atoms with Crippen molar-refractivity contribution in [2.24, 2.45) is 0 Å². The van der Waals surface area contributed by atoms with Crippen LogP contribution in [0, 0.1) is 2.88 Å². The summed E-state index contributed by atoms with van der Waals surface area (Å²) < 4.78 is 1.07. The van der Waals surface area contributed by atoms with Crippen molar-refractivity contribution in [3.63, 3.8) is 0 Å². The number of amides is 1. The highest BCUT2D eigenvalue weighted by Crippen LogP contribution is 2.18. The van der Waals surface area contributed by atoms with E-state index in [1.165, 1.54) is 11.3 Å². The Morgan fingerprint density at radius 2 is 2.67 bits per heavy atom. The summed E-state index contributed by atoms with van der Waals surface area (Å²) in [5.41, 5.74) is 0. The molecule has 0 saturated carbocycles. The average molecular weight is 254 g/mol. The summed E-state index contributed by atoms with van der Waals surface area (Å²) in [7, 11) is 0. The number of anilines is 1. The largest absolute Gasteiger partial charge is 0.305 e. The highest BCUT2D eigenvalue weighted by molar-refractivity contribution is 14.1. The second-order valence-corrected chi connectivity index (χ2v) is 4.16. The third-order valence-corrected chi connectivity index (χ3v) is 2.32. The van der Waals surface area contributed by atoms with Crippen LogP contribution in [-0.4, -0.2) is 11.4 Å². The van der Waals surface area contributed by atoms with Gasteiger partial charge in [-0.2, -0.15) is 0 Å². The minimum Gasteiger partial charge on any atom is -0.305 e. The smallest absolute Gasteiger partial charge is 0.213 e. The first-order valence-electron chi connectivity index (χ1n) is 2.14. The number of halogens is 1. The number of hydrogen-bond acceptors (Lipinski definition) is 3. The molecule has 0 bridgehead atoms. The molecule has 0 unspecified atom stereocenters. The van der Waals surface area contributed by atoms with Gasteiger partial charge in [-0.1, -0.05) is 11.3 Å². The third-order valence-electron chi connectivity index (χ3n) is 0.660. The first-order chi connectivity index (χ1) is 4.33. The Labute approximate surface area is 69.6 Å². The predicted octanol–water partition coefficient (Wildman–Crippen LogP) is 1.32. The van der Waals surface area contributed by atoms with Crippen LogP contribution in [0.2, 0.25) is 0 Å². The quantitative estimate of drug-likeness (QED) is 0.638. The van der Waals surface area contributed by atoms with Crippen molar-refractivity contribution in [2.45, 2.75) is 0 Å². The standard InChI is InChI=1S/C4H3IN2OS/c5-3-1-6-4(9-3)7-2-8/h1-2H,(H,6,7,8). The van der Waals surface area contributed by atoms with Crippen molar-refractivity contribution < 1.29 is 4.79 Å². The van der Waals surface area contributed by atoms with Crippen LogP contribution in [0.3, 0.4) is 0 Å². The zero-order valence-corrected chi connectivity index (χ0v) is 7.27. The van der Waals surface area contributed by atoms with Crippen molar-refractivity contribution >= 4 is 45.5 Å². The number of carbonyl (C=O) groups is 1. The molecule has 1 amide bonds. The van der Waals surface area contributed by atoms with Gasteiger partial charge in [-0.25, -0.2) is 4.98 Å². The SMILES string of the molecule is O=CNc1ncc(I)s1. The fourth-order valence-electron chi connectivity index (χ4n) is 0.372. The fraction of sp³-hybridized carbons (Fsp3) is 0. The summed E-state index contributed by atoms with van der Waals surface area (Å²) >= 11 is 3.59. The van der Waals surface area contributed by atoms with E-state index in [-0.39, 0.29) is 0 Å². The summed E-state index contributed by atoms with van der Waals surface area (Å²) in [6.07, 6.45) is 2.33. The molecule has 3 nitrogen and oxygen atoms in total. The van der Waals surface area contributed by atoms with E-state index in [0.29, 0.717) is 11.5 Å². The minimum absolute atomic E-state index is 0.620. The molecule has 48 valence electrons. The van der Waals surface area contributed by atoms with E-state index < -0.39 is 0 Å². The van der Waals surface area contributed by atoms with E-state index in [4.69, 9.17) is 0 Å². The normalized spacial score (nSPS) is 9.00. The van der Waals surface area contributed by atoms with Gasteiger partial charge in [-0.15, -0.1) is 0 Å². The molecule has 0 saturated heterocycles. The topological polar surface area (TPSA) is 42.0 Å². The zero-order chi connectivity index (χ0) is 6.69. The van der Waals surface area contributed by atoms with Crippen LogP contribution < -0.4 is 5.32 Å². The molecule has 0 atom stereocenters. The third kappa shape index (κ3) is 1.90. The molecule has 0 spiro atoms. The zero-order valence-electron chi connectivity index (χ0n) is 4.30. The Bertz CT molecular complexity index is 212. The van der Waals surface area contributed by atoms with E-state index >= 15 is 0 Å². The first-order valence-corrected chi connectivity index (χ1v) is 4.04. The number of aromatic nitrogens is 1. The lowest BCUT2D eigenvalue weighted by Gasteiger charge is -1.83. The van der Waals surface area contributed by atoms with Crippen LogP contribution in [-0.2, 0) is 4.79 Å². The number of carbonyl (C=O) groups excluding carboxylic acids is 1. The Morgan fingerprint density at radius 1 is 1.89 bits per heavy atom. The van der Waals surface area contributed by atoms with E-state index in [1.807, 2.05) is 0 Å². The molecule has 1 rings (SSSR count). The molecule has 0 radical (unpaired) electrons. The highest BCUT2D eigenvalue weighted by Gasteiger charge is 1.94. The van der Waals surface area contributed by atoms with Crippen LogP contribution in [0.15, 0.2) is 6.20 Å². The average Bonchev–Trinajstić information content (AvgIpc) is 2.17. The molecule has 5 heteroatoms. The summed E-state index contributed by atoms with van der Waals surface area (Å²) in [5.74, 6) is 0. The maximum absolute atomic E-state index is 9.84. The van der Waals surface area contributed by atoms with Crippen molar-refractivity contribution in [3.8, 4) is 0 Å². The molecule has 1 aromatic rings. The number of hydrogen-bond donors (Lipinski definition) is 1. The molecule has 0 aliphatic heterocycles. The van der Waals surface area contributed by atoms with Crippen LogP contribution in [0.5, 0.6) is 0 Å². The van der Waals surface area contributed by atoms with Crippen LogP contribution >= 0.6 is 33.9 Å². The Morgan fingerprint density at radius 3 is 3.11 bits per heavy atom. The van der Waals surface area contributed by atoms with Gasteiger partial charge in [0.05, 0.1) is 9.08 Å². The van der Waals surface area contributed by atoms with Crippen molar-refractivity contribution in [2.75, 3.05) is 5.32 Å². The molecule has 1 aromatic heterocycles. The molecular formula is C4H3IN2OS. The highest BCUT2D eigenvalue weighted by atomic mass is 127. The first kappa shape index (κ1) is 6.94. The number of rotatable bonds is 2. The van der Waals surface area contributed by atoms with Gasteiger partial charge >= 0.3 is 0 Å². The van der Waals surface area contributed by atoms with E-state index in [2.05, 4.69) is 32.9 Å². The molecular weight excluding hydrogens is 251 g/mol. The molecule has 0 aromatic carbocycles. The van der Waals surface area contributed by atoms with Crippen LogP contribution in [0.4, 0.5) is 5.13 Å². The van der Waals surface area contributed by atoms with Gasteiger partial charge in [0.1, 0.15) is 0 Å². The fourth-order valence-corrected chi connectivity index (χ4v) is 1.64. The summed E-state index contributed by atoms with van der Waals surface area (Å²) in [5, 5.41) is 3.10. The Kier molecular flexibility index (Phi) is 2.40. The maximum Gasteiger partial charge on any atom is 0.213 e. The van der Waals surface area contributed by atoms with E-state index in [1.54, 1.807) is 6.20 Å². The van der Waals surface area contributed by atoms with Gasteiger partial charge in [0, 0.05) is 0 Å². The lowest BCUT2D eigenvalue weighted by molar-refractivity contribution is -0.105. The minimum atomic E-state index is 0.620. The lowest BCUT2D eigenvalue weighted by atomic mass is 11.0. The van der Waals surface area contributed by atoms with Crippen molar-refractivity contribution in [1.29, 1.82) is 0 Å². The van der Waals surface area contributed by atoms with Crippen LogP contribution in [0.25, 0.3) is 0 Å². The van der Waals surface area contributed by atoms with Crippen LogP contribution in [0.1, 0.15) is 0 Å². The molecule has 0 aliphatic carbocycles. The molecule has 1 N–H and O–H groups in total. The van der Waals surface area contributed by atoms with Crippen molar-refractivity contribution in [3.05, 3.63) is 9.08 Å². The van der Waals surface area contributed by atoms with Gasteiger partial charge in [0.2, 0.25) is 6.41 Å². The maximum atomic E-state index is 9.84. The summed E-state index contributed by atoms with van der Waals surface area (Å²) in [6.45, 7) is 0. The second kappa shape index (κ2) is 3.11. The number of thiazole rings is 1. The predicted molar refractivity (Wildman–Crippen MR) is 44.5 cm³/mol. The summed E-state index contributed by atoms with van der Waals surface area (Å²) in [6, 6.07) is 0. The monoisotopic (exact) mass is 254 g/mol. The van der Waals surface area contributed by atoms with Gasteiger partial charge in [0.25, 0.3) is 0 Å². The Hall–Kier alpha value is -0.170. The number of nitrogens with zero attached hydrogens (tertiary/aromatic N) is 1. The van der Waals surface area contributed by atoms with E-state index in [0.717, 1.165) is 2.88 Å².